The zero-order chi connectivity index (χ0) is 27.0. The van der Waals surface area contributed by atoms with Crippen molar-refractivity contribution >= 4 is 15.9 Å². The van der Waals surface area contributed by atoms with Gasteiger partial charge in [-0.3, -0.25) is 4.79 Å². The molecule has 0 radical (unpaired) electrons. The van der Waals surface area contributed by atoms with Crippen LogP contribution < -0.4 is 4.74 Å². The fourth-order valence-corrected chi connectivity index (χ4v) is 6.38. The third kappa shape index (κ3) is 8.41. The Bertz CT molecular complexity index is 946. The van der Waals surface area contributed by atoms with Gasteiger partial charge in [0, 0.05) is 46.3 Å². The van der Waals surface area contributed by atoms with Crippen molar-refractivity contribution in [2.75, 3.05) is 81.7 Å². The molecule has 0 aromatic heterocycles. The number of sulfonamides is 1. The molecular weight excluding hydrogens is 480 g/mol. The monoisotopic (exact) mass is 526 g/mol. The quantitative estimate of drug-likeness (QED) is 0.343. The SMILES string of the molecule is COc1cc(C)c(S(=O)(=O)N(C)CCOCC(=O)N(C)CC2CC[C@@H](N(C)CCN(C)C)C2)c(C)c1. The number of nitrogens with zero attached hydrogens (tertiary/aromatic N) is 4. The molecule has 1 fully saturated rings. The molecule has 0 N–H and O–H groups in total. The molecule has 9 nitrogen and oxygen atoms in total. The molecule has 1 aliphatic carbocycles. The maximum atomic E-state index is 13.1. The normalized spacial score (nSPS) is 18.4. The minimum atomic E-state index is -3.68. The van der Waals surface area contributed by atoms with Crippen molar-refractivity contribution in [1.29, 1.82) is 0 Å². The van der Waals surface area contributed by atoms with E-state index in [9.17, 15) is 13.2 Å². The standard InChI is InChI=1S/C26H46N4O5S/c1-20-15-24(34-8)16-21(2)26(20)36(32,33)30(7)13-14-35-19-25(31)29(6)18-22-9-10-23(17-22)28(5)12-11-27(3)4/h15-16,22-23H,9-14,17-19H2,1-8H3/t22?,23-/m1/s1. The second kappa shape index (κ2) is 13.7. The van der Waals surface area contributed by atoms with Crippen molar-refractivity contribution in [1.82, 2.24) is 19.0 Å². The number of aryl methyl sites for hydroxylation is 2. The van der Waals surface area contributed by atoms with Gasteiger partial charge in [-0.1, -0.05) is 0 Å². The molecule has 0 bridgehead atoms. The van der Waals surface area contributed by atoms with Crippen LogP contribution in [0.25, 0.3) is 0 Å². The number of carbonyl (C=O) groups excluding carboxylic acids is 1. The number of carbonyl (C=O) groups is 1. The molecule has 10 heteroatoms. The molecule has 0 spiro atoms. The van der Waals surface area contributed by atoms with Gasteiger partial charge in [0.1, 0.15) is 12.4 Å². The lowest BCUT2D eigenvalue weighted by molar-refractivity contribution is -0.135. The molecule has 1 aliphatic rings. The van der Waals surface area contributed by atoms with Crippen LogP contribution in [0.15, 0.2) is 17.0 Å². The summed E-state index contributed by atoms with van der Waals surface area (Å²) in [5.74, 6) is 1.05. The van der Waals surface area contributed by atoms with Gasteiger partial charge >= 0.3 is 0 Å². The average molecular weight is 527 g/mol. The fourth-order valence-electron chi connectivity index (χ4n) is 4.82. The lowest BCUT2D eigenvalue weighted by atomic mass is 10.1. The Hall–Kier alpha value is -1.72. The maximum Gasteiger partial charge on any atom is 0.248 e. The van der Waals surface area contributed by atoms with Crippen LogP contribution >= 0.6 is 0 Å². The van der Waals surface area contributed by atoms with Crippen LogP contribution in [0.1, 0.15) is 30.4 Å². The summed E-state index contributed by atoms with van der Waals surface area (Å²) < 4.78 is 38.3. The molecule has 0 aliphatic heterocycles. The largest absolute Gasteiger partial charge is 0.497 e. The number of likely N-dealkylation sites (N-methyl/N-ethyl adjacent to an activating group) is 4. The fraction of sp³-hybridized carbons (Fsp3) is 0.731. The van der Waals surface area contributed by atoms with Crippen molar-refractivity contribution < 1.29 is 22.7 Å². The molecule has 1 aromatic carbocycles. The highest BCUT2D eigenvalue weighted by Gasteiger charge is 2.29. The lowest BCUT2D eigenvalue weighted by Gasteiger charge is -2.26. The van der Waals surface area contributed by atoms with Gasteiger partial charge in [0.05, 0.1) is 18.6 Å². The summed E-state index contributed by atoms with van der Waals surface area (Å²) >= 11 is 0. The molecule has 2 atom stereocenters. The summed E-state index contributed by atoms with van der Waals surface area (Å²) in [6.07, 6.45) is 3.40. The number of benzene rings is 1. The molecular formula is C26H46N4O5S. The van der Waals surface area contributed by atoms with Crippen molar-refractivity contribution in [2.24, 2.45) is 5.92 Å². The van der Waals surface area contributed by atoms with Crippen molar-refractivity contribution in [3.05, 3.63) is 23.3 Å². The molecule has 36 heavy (non-hydrogen) atoms. The maximum absolute atomic E-state index is 13.1. The summed E-state index contributed by atoms with van der Waals surface area (Å²) in [5, 5.41) is 0. The lowest BCUT2D eigenvalue weighted by Crippen LogP contribution is -2.37. The van der Waals surface area contributed by atoms with E-state index < -0.39 is 10.0 Å². The zero-order valence-corrected chi connectivity index (χ0v) is 24.2. The molecule has 0 heterocycles. The van der Waals surface area contributed by atoms with E-state index in [4.69, 9.17) is 9.47 Å². The van der Waals surface area contributed by atoms with Crippen LogP contribution in [-0.2, 0) is 19.6 Å². The average Bonchev–Trinajstić information content (AvgIpc) is 3.27. The Balaban J connectivity index is 1.76. The topological polar surface area (TPSA) is 82.6 Å². The van der Waals surface area contributed by atoms with E-state index in [0.717, 1.165) is 32.5 Å². The van der Waals surface area contributed by atoms with Gasteiger partial charge in [0.15, 0.2) is 0 Å². The third-order valence-corrected chi connectivity index (χ3v) is 9.27. The number of hydrogen-bond donors (Lipinski definition) is 0. The van der Waals surface area contributed by atoms with Crippen LogP contribution in [0.5, 0.6) is 5.75 Å². The minimum Gasteiger partial charge on any atom is -0.497 e. The summed E-state index contributed by atoms with van der Waals surface area (Å²) in [5.41, 5.74) is 1.27. The van der Waals surface area contributed by atoms with E-state index in [1.54, 1.807) is 38.0 Å². The van der Waals surface area contributed by atoms with Gasteiger partial charge in [0.2, 0.25) is 15.9 Å². The first-order chi connectivity index (χ1) is 16.9. The summed E-state index contributed by atoms with van der Waals surface area (Å²) in [4.78, 5) is 19.2. The predicted octanol–water partition coefficient (Wildman–Crippen LogP) is 2.07. The molecule has 1 unspecified atom stereocenters. The van der Waals surface area contributed by atoms with Crippen LogP contribution in [-0.4, -0.2) is 121 Å². The van der Waals surface area contributed by atoms with Gasteiger partial charge in [-0.2, -0.15) is 4.31 Å². The minimum absolute atomic E-state index is 0.0517. The zero-order valence-electron chi connectivity index (χ0n) is 23.4. The molecule has 0 saturated heterocycles. The molecule has 206 valence electrons. The Kier molecular flexibility index (Phi) is 11.6. The van der Waals surface area contributed by atoms with E-state index in [2.05, 4.69) is 30.9 Å². The second-order valence-electron chi connectivity index (χ2n) is 10.4. The first kappa shape index (κ1) is 30.5. The third-order valence-electron chi connectivity index (χ3n) is 7.11. The van der Waals surface area contributed by atoms with Gasteiger partial charge < -0.3 is 24.2 Å². The van der Waals surface area contributed by atoms with Gasteiger partial charge in [-0.15, -0.1) is 0 Å². The summed E-state index contributed by atoms with van der Waals surface area (Å²) in [7, 11) is 7.59. The first-order valence-electron chi connectivity index (χ1n) is 12.6. The van der Waals surface area contributed by atoms with E-state index in [1.807, 2.05) is 7.05 Å². The Morgan fingerprint density at radius 2 is 1.64 bits per heavy atom. The van der Waals surface area contributed by atoms with E-state index in [0.29, 0.717) is 28.8 Å². The van der Waals surface area contributed by atoms with Gasteiger partial charge in [-0.05, 0) is 83.4 Å². The van der Waals surface area contributed by atoms with Gasteiger partial charge in [-0.25, -0.2) is 8.42 Å². The number of amides is 1. The van der Waals surface area contributed by atoms with Crippen LogP contribution in [0, 0.1) is 19.8 Å². The molecule has 1 amide bonds. The van der Waals surface area contributed by atoms with Crippen LogP contribution in [0.3, 0.4) is 0 Å². The second-order valence-corrected chi connectivity index (χ2v) is 12.3. The van der Waals surface area contributed by atoms with Crippen molar-refractivity contribution in [3.8, 4) is 5.75 Å². The highest BCUT2D eigenvalue weighted by molar-refractivity contribution is 7.89. The Morgan fingerprint density at radius 3 is 2.22 bits per heavy atom. The number of ether oxygens (including phenoxy) is 2. The number of rotatable bonds is 14. The number of hydrogen-bond acceptors (Lipinski definition) is 7. The van der Waals surface area contributed by atoms with Gasteiger partial charge in [0.25, 0.3) is 0 Å². The smallest absolute Gasteiger partial charge is 0.248 e. The van der Waals surface area contributed by atoms with Crippen molar-refractivity contribution in [2.45, 2.75) is 44.0 Å². The number of methoxy groups -OCH3 is 1. The first-order valence-corrected chi connectivity index (χ1v) is 14.1. The molecule has 2 rings (SSSR count). The Morgan fingerprint density at radius 1 is 1.00 bits per heavy atom. The molecule has 1 saturated carbocycles. The summed E-state index contributed by atoms with van der Waals surface area (Å²) in [6.45, 7) is 6.59. The van der Waals surface area contributed by atoms with E-state index in [1.165, 1.54) is 17.8 Å². The van der Waals surface area contributed by atoms with Crippen molar-refractivity contribution in [3.63, 3.8) is 0 Å². The van der Waals surface area contributed by atoms with Crippen LogP contribution in [0.2, 0.25) is 0 Å². The van der Waals surface area contributed by atoms with E-state index in [-0.39, 0.29) is 30.6 Å². The van der Waals surface area contributed by atoms with Crippen LogP contribution in [0.4, 0.5) is 0 Å². The molecule has 1 aromatic rings. The predicted molar refractivity (Wildman–Crippen MR) is 143 cm³/mol. The Labute approximate surface area is 218 Å². The highest BCUT2D eigenvalue weighted by atomic mass is 32.2. The highest BCUT2D eigenvalue weighted by Crippen LogP contribution is 2.29. The van der Waals surface area contributed by atoms with E-state index >= 15 is 0 Å². The summed E-state index contributed by atoms with van der Waals surface area (Å²) in [6, 6.07) is 4.01.